The van der Waals surface area contributed by atoms with Gasteiger partial charge in [0, 0.05) is 6.04 Å². The van der Waals surface area contributed by atoms with Gasteiger partial charge in [0.25, 0.3) is 0 Å². The fourth-order valence-corrected chi connectivity index (χ4v) is 4.09. The molecule has 0 aliphatic heterocycles. The van der Waals surface area contributed by atoms with E-state index in [9.17, 15) is 0 Å². The van der Waals surface area contributed by atoms with Gasteiger partial charge >= 0.3 is 0 Å². The molecule has 1 nitrogen and oxygen atoms in total. The van der Waals surface area contributed by atoms with Crippen molar-refractivity contribution < 1.29 is 0 Å². The second-order valence-electron chi connectivity index (χ2n) is 7.54. The fraction of sp³-hybridized carbons (Fsp3) is 0.700. The summed E-state index contributed by atoms with van der Waals surface area (Å²) in [6.07, 6.45) is 11.3. The van der Waals surface area contributed by atoms with Gasteiger partial charge in [0.05, 0.1) is 0 Å². The topological polar surface area (TPSA) is 12.0 Å². The van der Waals surface area contributed by atoms with Crippen molar-refractivity contribution in [1.82, 2.24) is 5.32 Å². The molecule has 1 heteroatoms. The van der Waals surface area contributed by atoms with Crippen molar-refractivity contribution in [2.45, 2.75) is 71.3 Å². The van der Waals surface area contributed by atoms with Gasteiger partial charge in [-0.25, -0.2) is 0 Å². The Labute approximate surface area is 130 Å². The lowest BCUT2D eigenvalue weighted by molar-refractivity contribution is 0.297. The molecular formula is C20H31N. The average Bonchev–Trinajstić information content (AvgIpc) is 3.23. The zero-order valence-electron chi connectivity index (χ0n) is 13.8. The number of benzene rings is 1. The second-order valence-corrected chi connectivity index (χ2v) is 7.54. The van der Waals surface area contributed by atoms with E-state index in [0.29, 0.717) is 0 Å². The Morgan fingerprint density at radius 3 is 2.19 bits per heavy atom. The van der Waals surface area contributed by atoms with Crippen LogP contribution in [0.1, 0.15) is 61.6 Å². The molecule has 2 aliphatic rings. The molecule has 116 valence electrons. The molecule has 0 spiro atoms. The molecule has 0 amide bonds. The third-order valence-corrected chi connectivity index (χ3v) is 5.34. The molecule has 2 aliphatic carbocycles. The van der Waals surface area contributed by atoms with Crippen LogP contribution in [0.3, 0.4) is 0 Å². The minimum Gasteiger partial charge on any atom is -0.314 e. The van der Waals surface area contributed by atoms with Gasteiger partial charge < -0.3 is 5.32 Å². The van der Waals surface area contributed by atoms with Gasteiger partial charge in [-0.15, -0.1) is 0 Å². The lowest BCUT2D eigenvalue weighted by Gasteiger charge is -2.26. The molecule has 1 aromatic carbocycles. The smallest absolute Gasteiger partial charge is 0.00683 e. The third kappa shape index (κ3) is 4.57. The quantitative estimate of drug-likeness (QED) is 0.767. The van der Waals surface area contributed by atoms with Gasteiger partial charge in [0.1, 0.15) is 0 Å². The highest BCUT2D eigenvalue weighted by Crippen LogP contribution is 2.32. The predicted molar refractivity (Wildman–Crippen MR) is 90.7 cm³/mol. The molecule has 2 fully saturated rings. The molecule has 2 atom stereocenters. The first-order valence-corrected chi connectivity index (χ1v) is 9.01. The van der Waals surface area contributed by atoms with E-state index in [1.807, 2.05) is 0 Å². The van der Waals surface area contributed by atoms with E-state index in [1.165, 1.54) is 69.0 Å². The van der Waals surface area contributed by atoms with Gasteiger partial charge in [-0.1, -0.05) is 48.6 Å². The summed E-state index contributed by atoms with van der Waals surface area (Å²) in [5, 5.41) is 3.79. The van der Waals surface area contributed by atoms with Crippen LogP contribution < -0.4 is 5.32 Å². The van der Waals surface area contributed by atoms with Gasteiger partial charge in [0.2, 0.25) is 0 Å². The molecule has 1 aromatic rings. The highest BCUT2D eigenvalue weighted by atomic mass is 14.9. The lowest BCUT2D eigenvalue weighted by atomic mass is 9.82. The largest absolute Gasteiger partial charge is 0.314 e. The molecule has 0 heterocycles. The van der Waals surface area contributed by atoms with Crippen LogP contribution in [0.2, 0.25) is 0 Å². The van der Waals surface area contributed by atoms with Crippen LogP contribution in [0, 0.1) is 25.7 Å². The molecule has 2 saturated carbocycles. The SMILES string of the molecule is Cc1cc(C)cc(CC2CCCCCC2CNC2CC2)c1. The van der Waals surface area contributed by atoms with Gasteiger partial charge in [-0.3, -0.25) is 0 Å². The van der Waals surface area contributed by atoms with Crippen molar-refractivity contribution in [2.24, 2.45) is 11.8 Å². The summed E-state index contributed by atoms with van der Waals surface area (Å²) < 4.78 is 0. The van der Waals surface area contributed by atoms with Crippen molar-refractivity contribution in [1.29, 1.82) is 0 Å². The van der Waals surface area contributed by atoms with Crippen molar-refractivity contribution in [3.63, 3.8) is 0 Å². The summed E-state index contributed by atoms with van der Waals surface area (Å²) in [5.74, 6) is 1.79. The van der Waals surface area contributed by atoms with Gasteiger partial charge in [-0.05, 0) is 69.9 Å². The first-order chi connectivity index (χ1) is 10.2. The maximum atomic E-state index is 3.79. The minimum atomic E-state index is 0.857. The van der Waals surface area contributed by atoms with E-state index in [2.05, 4.69) is 37.4 Å². The average molecular weight is 285 g/mol. The Morgan fingerprint density at radius 1 is 0.857 bits per heavy atom. The van der Waals surface area contributed by atoms with Gasteiger partial charge in [-0.2, -0.15) is 0 Å². The number of rotatable bonds is 5. The summed E-state index contributed by atoms with van der Waals surface area (Å²) in [4.78, 5) is 0. The Balaban J connectivity index is 1.65. The lowest BCUT2D eigenvalue weighted by Crippen LogP contribution is -2.30. The molecule has 3 rings (SSSR count). The first kappa shape index (κ1) is 15.1. The summed E-state index contributed by atoms with van der Waals surface area (Å²) >= 11 is 0. The van der Waals surface area contributed by atoms with Crippen LogP contribution in [0.25, 0.3) is 0 Å². The van der Waals surface area contributed by atoms with E-state index in [4.69, 9.17) is 0 Å². The first-order valence-electron chi connectivity index (χ1n) is 9.01. The van der Waals surface area contributed by atoms with Crippen LogP contribution in [0.15, 0.2) is 18.2 Å². The Bertz CT molecular complexity index is 441. The highest BCUT2D eigenvalue weighted by Gasteiger charge is 2.27. The van der Waals surface area contributed by atoms with E-state index in [1.54, 1.807) is 5.56 Å². The number of nitrogens with one attached hydrogen (secondary N) is 1. The monoisotopic (exact) mass is 285 g/mol. The predicted octanol–water partition coefficient (Wildman–Crippen LogP) is 4.79. The molecule has 0 radical (unpaired) electrons. The highest BCUT2D eigenvalue weighted by molar-refractivity contribution is 5.28. The van der Waals surface area contributed by atoms with Gasteiger partial charge in [0.15, 0.2) is 0 Å². The normalized spacial score (nSPS) is 26.6. The third-order valence-electron chi connectivity index (χ3n) is 5.34. The van der Waals surface area contributed by atoms with Crippen molar-refractivity contribution >= 4 is 0 Å². The second kappa shape index (κ2) is 6.96. The molecule has 21 heavy (non-hydrogen) atoms. The van der Waals surface area contributed by atoms with Crippen molar-refractivity contribution in [2.75, 3.05) is 6.54 Å². The van der Waals surface area contributed by atoms with E-state index in [0.717, 1.165) is 17.9 Å². The number of hydrogen-bond acceptors (Lipinski definition) is 1. The number of hydrogen-bond donors (Lipinski definition) is 1. The summed E-state index contributed by atoms with van der Waals surface area (Å²) in [6.45, 7) is 5.73. The Kier molecular flexibility index (Phi) is 5.00. The van der Waals surface area contributed by atoms with Crippen LogP contribution in [0.5, 0.6) is 0 Å². The zero-order chi connectivity index (χ0) is 14.7. The van der Waals surface area contributed by atoms with Crippen LogP contribution in [0.4, 0.5) is 0 Å². The summed E-state index contributed by atoms with van der Waals surface area (Å²) in [7, 11) is 0. The van der Waals surface area contributed by atoms with E-state index in [-0.39, 0.29) is 0 Å². The van der Waals surface area contributed by atoms with Crippen LogP contribution in [-0.2, 0) is 6.42 Å². The molecule has 0 aromatic heterocycles. The Hall–Kier alpha value is -0.820. The van der Waals surface area contributed by atoms with Crippen LogP contribution >= 0.6 is 0 Å². The van der Waals surface area contributed by atoms with Crippen molar-refractivity contribution in [3.05, 3.63) is 34.9 Å². The molecule has 0 bridgehead atoms. The van der Waals surface area contributed by atoms with E-state index >= 15 is 0 Å². The van der Waals surface area contributed by atoms with E-state index < -0.39 is 0 Å². The van der Waals surface area contributed by atoms with Crippen LogP contribution in [-0.4, -0.2) is 12.6 Å². The fourth-order valence-electron chi connectivity index (χ4n) is 4.09. The molecule has 0 saturated heterocycles. The minimum absolute atomic E-state index is 0.857. The standard InChI is InChI=1S/C20H31N/c1-15-10-16(2)12-17(11-15)13-18-6-4-3-5-7-19(18)14-21-20-8-9-20/h10-12,18-21H,3-9,13-14H2,1-2H3. The maximum Gasteiger partial charge on any atom is 0.00683 e. The maximum absolute atomic E-state index is 3.79. The molecule has 1 N–H and O–H groups in total. The molecular weight excluding hydrogens is 254 g/mol. The molecule has 2 unspecified atom stereocenters. The summed E-state index contributed by atoms with van der Waals surface area (Å²) in [5.41, 5.74) is 4.41. The van der Waals surface area contributed by atoms with Crippen molar-refractivity contribution in [3.8, 4) is 0 Å². The Morgan fingerprint density at radius 2 is 1.52 bits per heavy atom. The zero-order valence-corrected chi connectivity index (χ0v) is 13.8. The number of aryl methyl sites for hydroxylation is 2. The summed E-state index contributed by atoms with van der Waals surface area (Å²) in [6, 6.07) is 7.96.